The van der Waals surface area contributed by atoms with Gasteiger partial charge in [-0.2, -0.15) is 0 Å². The number of guanidine groups is 1. The Hall–Kier alpha value is -2.24. The highest BCUT2D eigenvalue weighted by molar-refractivity contribution is 5.92. The first-order valence-corrected chi connectivity index (χ1v) is 7.27. The molecule has 0 radical (unpaired) electrons. The van der Waals surface area contributed by atoms with E-state index in [9.17, 15) is 4.79 Å². The van der Waals surface area contributed by atoms with Gasteiger partial charge < -0.3 is 20.5 Å². The highest BCUT2D eigenvalue weighted by Gasteiger charge is 2.13. The van der Waals surface area contributed by atoms with Gasteiger partial charge in [-0.25, -0.2) is 9.79 Å². The molecule has 0 aliphatic heterocycles. The van der Waals surface area contributed by atoms with Crippen LogP contribution in [0.25, 0.3) is 0 Å². The second-order valence-electron chi connectivity index (χ2n) is 5.34. The molecule has 1 aromatic carbocycles. The minimum atomic E-state index is -0.439. The summed E-state index contributed by atoms with van der Waals surface area (Å²) in [6, 6.07) is 5.27. The Kier molecular flexibility index (Phi) is 7.22. The van der Waals surface area contributed by atoms with Gasteiger partial charge in [0.15, 0.2) is 5.96 Å². The number of esters is 1. The van der Waals surface area contributed by atoms with E-state index in [4.69, 9.17) is 15.2 Å². The molecule has 0 aromatic heterocycles. The monoisotopic (exact) mass is 307 g/mol. The summed E-state index contributed by atoms with van der Waals surface area (Å²) in [5.41, 5.74) is 7.05. The first kappa shape index (κ1) is 17.8. The second-order valence-corrected chi connectivity index (χ2v) is 5.34. The Morgan fingerprint density at radius 2 is 2.09 bits per heavy atom. The van der Waals surface area contributed by atoms with Crippen LogP contribution >= 0.6 is 0 Å². The fourth-order valence-corrected chi connectivity index (χ4v) is 1.84. The third-order valence-electron chi connectivity index (χ3n) is 3.13. The number of ether oxygens (including phenoxy) is 2. The van der Waals surface area contributed by atoms with Crippen LogP contribution in [0.4, 0.5) is 0 Å². The molecule has 0 saturated carbocycles. The molecule has 0 atom stereocenters. The Bertz CT molecular complexity index is 527. The first-order valence-electron chi connectivity index (χ1n) is 7.27. The number of carbonyl (C=O) groups is 1. The number of benzene rings is 1. The molecule has 0 aliphatic carbocycles. The molecule has 0 bridgehead atoms. The van der Waals surface area contributed by atoms with Crippen LogP contribution in [0.1, 0.15) is 36.2 Å². The van der Waals surface area contributed by atoms with Crippen LogP contribution in [-0.4, -0.2) is 32.7 Å². The molecule has 122 valence electrons. The number of nitrogens with two attached hydrogens (primary N) is 1. The topological polar surface area (TPSA) is 85.9 Å². The van der Waals surface area contributed by atoms with Crippen molar-refractivity contribution in [3.8, 4) is 5.75 Å². The zero-order chi connectivity index (χ0) is 16.5. The lowest BCUT2D eigenvalue weighted by molar-refractivity contribution is 0.0597. The quantitative estimate of drug-likeness (QED) is 0.457. The normalized spacial score (nSPS) is 11.4. The van der Waals surface area contributed by atoms with Crippen molar-refractivity contribution >= 4 is 11.9 Å². The minimum absolute atomic E-state index is 0.379. The zero-order valence-corrected chi connectivity index (χ0v) is 13.7. The largest absolute Gasteiger partial charge is 0.496 e. The Morgan fingerprint density at radius 3 is 2.68 bits per heavy atom. The third-order valence-corrected chi connectivity index (χ3v) is 3.13. The standard InChI is InChI=1S/C16H25N3O3/c1-11(2)7-8-18-16(17)19-10-12-5-6-14(21-3)13(9-12)15(20)22-4/h5-6,9,11H,7-8,10H2,1-4H3,(H3,17,18,19). The van der Waals surface area contributed by atoms with Crippen molar-refractivity contribution < 1.29 is 14.3 Å². The molecule has 0 unspecified atom stereocenters. The number of rotatable bonds is 7. The van der Waals surface area contributed by atoms with Crippen molar-refractivity contribution in [2.75, 3.05) is 20.8 Å². The summed E-state index contributed by atoms with van der Waals surface area (Å²) in [7, 11) is 2.85. The molecule has 0 amide bonds. The van der Waals surface area contributed by atoms with Gasteiger partial charge in [0, 0.05) is 6.54 Å². The molecule has 0 saturated heterocycles. The highest BCUT2D eigenvalue weighted by atomic mass is 16.5. The van der Waals surface area contributed by atoms with Crippen LogP contribution in [-0.2, 0) is 11.3 Å². The van der Waals surface area contributed by atoms with Crippen molar-refractivity contribution in [3.05, 3.63) is 29.3 Å². The molecule has 1 rings (SSSR count). The number of nitrogens with one attached hydrogen (secondary N) is 1. The Labute approximate surface area is 131 Å². The van der Waals surface area contributed by atoms with Crippen LogP contribution in [0, 0.1) is 5.92 Å². The summed E-state index contributed by atoms with van der Waals surface area (Å²) >= 11 is 0. The van der Waals surface area contributed by atoms with Crippen LogP contribution in [0.5, 0.6) is 5.75 Å². The van der Waals surface area contributed by atoms with Gasteiger partial charge >= 0.3 is 5.97 Å². The maximum Gasteiger partial charge on any atom is 0.341 e. The SMILES string of the molecule is COC(=O)c1cc(CN=C(N)NCCC(C)C)ccc1OC. The van der Waals surface area contributed by atoms with Crippen LogP contribution < -0.4 is 15.8 Å². The van der Waals surface area contributed by atoms with Crippen LogP contribution in [0.2, 0.25) is 0 Å². The van der Waals surface area contributed by atoms with Crippen molar-refractivity contribution in [1.82, 2.24) is 5.32 Å². The van der Waals surface area contributed by atoms with Crippen molar-refractivity contribution in [2.24, 2.45) is 16.6 Å². The molecule has 3 N–H and O–H groups in total. The van der Waals surface area contributed by atoms with Gasteiger partial charge in [0.05, 0.1) is 20.8 Å². The molecular weight excluding hydrogens is 282 g/mol. The smallest absolute Gasteiger partial charge is 0.341 e. The third kappa shape index (κ3) is 5.63. The van der Waals surface area contributed by atoms with Crippen LogP contribution in [0.3, 0.4) is 0 Å². The lowest BCUT2D eigenvalue weighted by Gasteiger charge is -2.09. The van der Waals surface area contributed by atoms with Gasteiger partial charge in [-0.3, -0.25) is 0 Å². The molecule has 6 nitrogen and oxygen atoms in total. The Morgan fingerprint density at radius 1 is 1.36 bits per heavy atom. The number of hydrogen-bond acceptors (Lipinski definition) is 4. The molecule has 6 heteroatoms. The highest BCUT2D eigenvalue weighted by Crippen LogP contribution is 2.21. The summed E-state index contributed by atoms with van der Waals surface area (Å²) in [5, 5.41) is 3.07. The lowest BCUT2D eigenvalue weighted by Crippen LogP contribution is -2.32. The van der Waals surface area contributed by atoms with E-state index in [0.717, 1.165) is 18.5 Å². The molecule has 1 aromatic rings. The minimum Gasteiger partial charge on any atom is -0.496 e. The first-order chi connectivity index (χ1) is 10.5. The number of carbonyl (C=O) groups excluding carboxylic acids is 1. The summed E-state index contributed by atoms with van der Waals surface area (Å²) < 4.78 is 9.89. The summed E-state index contributed by atoms with van der Waals surface area (Å²) in [6.07, 6.45) is 1.03. The van der Waals surface area contributed by atoms with Crippen molar-refractivity contribution in [3.63, 3.8) is 0 Å². The van der Waals surface area contributed by atoms with E-state index in [-0.39, 0.29) is 0 Å². The fourth-order valence-electron chi connectivity index (χ4n) is 1.84. The van der Waals surface area contributed by atoms with Crippen molar-refractivity contribution in [2.45, 2.75) is 26.8 Å². The average Bonchev–Trinajstić information content (AvgIpc) is 2.51. The number of hydrogen-bond donors (Lipinski definition) is 2. The van der Waals surface area contributed by atoms with Crippen LogP contribution in [0.15, 0.2) is 23.2 Å². The van der Waals surface area contributed by atoms with E-state index in [1.807, 2.05) is 6.07 Å². The maximum absolute atomic E-state index is 11.7. The number of methoxy groups -OCH3 is 2. The second kappa shape index (κ2) is 8.92. The van der Waals surface area contributed by atoms with Gasteiger partial charge in [-0.15, -0.1) is 0 Å². The predicted molar refractivity (Wildman–Crippen MR) is 87.1 cm³/mol. The van der Waals surface area contributed by atoms with E-state index in [1.54, 1.807) is 12.1 Å². The molecular formula is C16H25N3O3. The Balaban J connectivity index is 2.71. The van der Waals surface area contributed by atoms with E-state index in [1.165, 1.54) is 14.2 Å². The summed E-state index contributed by atoms with van der Waals surface area (Å²) in [6.45, 7) is 5.49. The zero-order valence-electron chi connectivity index (χ0n) is 13.7. The summed E-state index contributed by atoms with van der Waals surface area (Å²) in [5.74, 6) is 1.05. The lowest BCUT2D eigenvalue weighted by atomic mass is 10.1. The van der Waals surface area contributed by atoms with E-state index in [0.29, 0.717) is 29.7 Å². The molecule has 0 heterocycles. The van der Waals surface area contributed by atoms with Gasteiger partial charge in [-0.05, 0) is 30.0 Å². The molecule has 0 fully saturated rings. The number of aliphatic imine (C=N–C) groups is 1. The van der Waals surface area contributed by atoms with Crippen molar-refractivity contribution in [1.29, 1.82) is 0 Å². The number of nitrogens with zero attached hydrogens (tertiary/aromatic N) is 1. The van der Waals surface area contributed by atoms with E-state index < -0.39 is 5.97 Å². The van der Waals surface area contributed by atoms with Gasteiger partial charge in [0.25, 0.3) is 0 Å². The van der Waals surface area contributed by atoms with E-state index >= 15 is 0 Å². The molecule has 0 spiro atoms. The predicted octanol–water partition coefficient (Wildman–Crippen LogP) is 1.93. The van der Waals surface area contributed by atoms with Gasteiger partial charge in [0.1, 0.15) is 11.3 Å². The molecule has 22 heavy (non-hydrogen) atoms. The average molecular weight is 307 g/mol. The van der Waals surface area contributed by atoms with E-state index in [2.05, 4.69) is 24.2 Å². The maximum atomic E-state index is 11.7. The van der Waals surface area contributed by atoms with Gasteiger partial charge in [0.2, 0.25) is 0 Å². The summed E-state index contributed by atoms with van der Waals surface area (Å²) in [4.78, 5) is 16.0. The van der Waals surface area contributed by atoms with Gasteiger partial charge in [-0.1, -0.05) is 19.9 Å². The molecule has 0 aliphatic rings. The fraction of sp³-hybridized carbons (Fsp3) is 0.500.